The van der Waals surface area contributed by atoms with E-state index in [4.69, 9.17) is 21.1 Å². The van der Waals surface area contributed by atoms with Crippen LogP contribution in [-0.4, -0.2) is 106 Å². The highest BCUT2D eigenvalue weighted by Gasteiger charge is 2.45. The Balaban J connectivity index is 1.32. The normalized spacial score (nSPS) is 22.7. The summed E-state index contributed by atoms with van der Waals surface area (Å²) in [4.78, 5) is 42.6. The third-order valence-electron chi connectivity index (χ3n) is 7.83. The second kappa shape index (κ2) is 12.1. The number of carbonyl (C=O) groups is 2. The van der Waals surface area contributed by atoms with Gasteiger partial charge in [0.15, 0.2) is 11.0 Å². The lowest BCUT2D eigenvalue weighted by molar-refractivity contribution is -0.173. The summed E-state index contributed by atoms with van der Waals surface area (Å²) in [6.07, 6.45) is -0.808. The molecule has 0 saturated carbocycles. The zero-order chi connectivity index (χ0) is 31.1. The molecule has 43 heavy (non-hydrogen) atoms. The maximum absolute atomic E-state index is 15.2. The maximum atomic E-state index is 15.2. The van der Waals surface area contributed by atoms with Crippen molar-refractivity contribution in [2.45, 2.75) is 76.4 Å². The van der Waals surface area contributed by atoms with Gasteiger partial charge < -0.3 is 19.7 Å². The molecule has 2 amide bonds. The zero-order valence-electron chi connectivity index (χ0n) is 24.1. The molecular weight excluding hydrogens is 598 g/mol. The molecule has 0 aromatic carbocycles. The van der Waals surface area contributed by atoms with Crippen molar-refractivity contribution in [1.82, 2.24) is 30.1 Å². The van der Waals surface area contributed by atoms with E-state index in [1.54, 1.807) is 4.90 Å². The number of aromatic nitrogens is 3. The summed E-state index contributed by atoms with van der Waals surface area (Å²) < 4.78 is 64.2. The van der Waals surface area contributed by atoms with E-state index in [-0.39, 0.29) is 60.6 Å². The molecular formula is C27H34ClF4N7O4. The van der Waals surface area contributed by atoms with Gasteiger partial charge in [0.1, 0.15) is 23.5 Å². The van der Waals surface area contributed by atoms with Crippen LogP contribution in [0.1, 0.15) is 46.5 Å². The average molecular weight is 632 g/mol. The number of hydrogen-bond acceptors (Lipinski definition) is 9. The number of halogens is 5. The Morgan fingerprint density at radius 2 is 1.81 bits per heavy atom. The van der Waals surface area contributed by atoms with E-state index in [1.807, 2.05) is 35.9 Å². The number of alkyl halides is 3. The number of carbonyl (C=O) groups excluding carboxylic acids is 2. The van der Waals surface area contributed by atoms with Gasteiger partial charge in [-0.3, -0.25) is 14.6 Å². The molecule has 236 valence electrons. The minimum Gasteiger partial charge on any atom is -0.462 e. The van der Waals surface area contributed by atoms with Gasteiger partial charge in [-0.2, -0.15) is 23.1 Å². The highest BCUT2D eigenvalue weighted by molar-refractivity contribution is 6.30. The highest BCUT2D eigenvalue weighted by Crippen LogP contribution is 2.37. The van der Waals surface area contributed by atoms with Crippen LogP contribution in [-0.2, 0) is 9.53 Å². The monoisotopic (exact) mass is 631 g/mol. The van der Waals surface area contributed by atoms with Crippen LogP contribution in [0.25, 0.3) is 10.9 Å². The first-order chi connectivity index (χ1) is 20.2. The summed E-state index contributed by atoms with van der Waals surface area (Å²) >= 11 is 5.97. The topological polar surface area (TPSA) is 113 Å². The summed E-state index contributed by atoms with van der Waals surface area (Å²) in [6, 6.07) is -0.497. The quantitative estimate of drug-likeness (QED) is 0.359. The standard InChI is InChI=1S/C27H34ClF4N7O4/c1-26(2,3)43-25(41)39-15-6-7-16(39)13-38(12-15)22-18-11-34-21(28)19(29)20(18)35-24(36-22)42-14-17-5-4-9-37(17)10-8-33-23(40)27(30,31)32/h11,15-17H,4-10,12-14H2,1-3H3,(H,33,40). The van der Waals surface area contributed by atoms with Crippen LogP contribution in [0.5, 0.6) is 6.01 Å². The number of amides is 2. The van der Waals surface area contributed by atoms with Crippen molar-refractivity contribution in [3.8, 4) is 6.01 Å². The molecule has 2 aromatic heterocycles. The summed E-state index contributed by atoms with van der Waals surface area (Å²) in [5, 5.41) is 1.89. The van der Waals surface area contributed by atoms with E-state index in [9.17, 15) is 22.8 Å². The van der Waals surface area contributed by atoms with Crippen LogP contribution in [0.3, 0.4) is 0 Å². The molecule has 3 saturated heterocycles. The molecule has 3 unspecified atom stereocenters. The first-order valence-corrected chi connectivity index (χ1v) is 14.6. The summed E-state index contributed by atoms with van der Waals surface area (Å²) in [5.74, 6) is -2.39. The van der Waals surface area contributed by atoms with Gasteiger partial charge in [-0.15, -0.1) is 0 Å². The Hall–Kier alpha value is -3.20. The molecule has 5 heterocycles. The highest BCUT2D eigenvalue weighted by atomic mass is 35.5. The number of fused-ring (bicyclic) bond motifs is 3. The molecule has 0 radical (unpaired) electrons. The van der Waals surface area contributed by atoms with E-state index < -0.39 is 23.5 Å². The smallest absolute Gasteiger partial charge is 0.462 e. The van der Waals surface area contributed by atoms with E-state index in [0.717, 1.165) is 19.3 Å². The van der Waals surface area contributed by atoms with E-state index in [2.05, 4.69) is 15.0 Å². The summed E-state index contributed by atoms with van der Waals surface area (Å²) in [5.41, 5.74) is -0.683. The number of anilines is 1. The second-order valence-corrected chi connectivity index (χ2v) is 12.4. The van der Waals surface area contributed by atoms with Crippen molar-refractivity contribution in [2.24, 2.45) is 0 Å². The summed E-state index contributed by atoms with van der Waals surface area (Å²) in [6.45, 7) is 7.11. The largest absolute Gasteiger partial charge is 0.471 e. The molecule has 3 aliphatic rings. The van der Waals surface area contributed by atoms with Gasteiger partial charge in [0.25, 0.3) is 0 Å². The van der Waals surface area contributed by atoms with Crippen molar-refractivity contribution in [2.75, 3.05) is 44.2 Å². The minimum atomic E-state index is -4.94. The van der Waals surface area contributed by atoms with Crippen LogP contribution in [0.15, 0.2) is 6.20 Å². The molecule has 3 aliphatic heterocycles. The number of pyridine rings is 1. The molecule has 5 rings (SSSR count). The van der Waals surface area contributed by atoms with Crippen LogP contribution in [0.4, 0.5) is 28.2 Å². The molecule has 2 bridgehead atoms. The number of rotatable bonds is 7. The first kappa shape index (κ1) is 31.2. The summed E-state index contributed by atoms with van der Waals surface area (Å²) in [7, 11) is 0. The SMILES string of the molecule is CC(C)(C)OC(=O)N1C2CCC1CN(c1nc(OCC3CCCN3CCNC(=O)C(F)(F)F)nc3c(F)c(Cl)ncc13)C2. The van der Waals surface area contributed by atoms with Gasteiger partial charge >= 0.3 is 24.2 Å². The fourth-order valence-corrected chi connectivity index (χ4v) is 6.09. The van der Waals surface area contributed by atoms with Crippen molar-refractivity contribution < 1.29 is 36.6 Å². The number of ether oxygens (including phenoxy) is 2. The lowest BCUT2D eigenvalue weighted by atomic mass is 10.1. The first-order valence-electron chi connectivity index (χ1n) is 14.2. The average Bonchev–Trinajstić information content (AvgIpc) is 3.48. The Morgan fingerprint density at radius 1 is 1.12 bits per heavy atom. The number of nitrogens with one attached hydrogen (secondary N) is 1. The molecule has 11 nitrogen and oxygen atoms in total. The van der Waals surface area contributed by atoms with Gasteiger partial charge in [0, 0.05) is 38.4 Å². The second-order valence-electron chi connectivity index (χ2n) is 12.0. The van der Waals surface area contributed by atoms with Crippen LogP contribution < -0.4 is 15.0 Å². The van der Waals surface area contributed by atoms with Crippen molar-refractivity contribution in [3.63, 3.8) is 0 Å². The Labute approximate surface area is 250 Å². The Morgan fingerprint density at radius 3 is 2.47 bits per heavy atom. The number of nitrogens with zero attached hydrogens (tertiary/aromatic N) is 6. The predicted octanol–water partition coefficient (Wildman–Crippen LogP) is 3.93. The lowest BCUT2D eigenvalue weighted by Gasteiger charge is -2.42. The fraction of sp³-hybridized carbons (Fsp3) is 0.667. The lowest BCUT2D eigenvalue weighted by Crippen LogP contribution is -2.57. The van der Waals surface area contributed by atoms with Gasteiger partial charge in [-0.05, 0) is 53.0 Å². The molecule has 3 fully saturated rings. The maximum Gasteiger partial charge on any atom is 0.471 e. The number of piperazine rings is 1. The van der Waals surface area contributed by atoms with Gasteiger partial charge in [-0.1, -0.05) is 11.6 Å². The van der Waals surface area contributed by atoms with Crippen molar-refractivity contribution in [3.05, 3.63) is 17.2 Å². The van der Waals surface area contributed by atoms with Crippen molar-refractivity contribution >= 4 is 40.3 Å². The van der Waals surface area contributed by atoms with Crippen molar-refractivity contribution in [1.29, 1.82) is 0 Å². The minimum absolute atomic E-state index is 0.0555. The molecule has 1 N–H and O–H groups in total. The fourth-order valence-electron chi connectivity index (χ4n) is 5.96. The van der Waals surface area contributed by atoms with E-state index >= 15 is 4.39 Å². The molecule has 3 atom stereocenters. The van der Waals surface area contributed by atoms with Gasteiger partial charge in [-0.25, -0.2) is 14.2 Å². The Bertz CT molecular complexity index is 1360. The van der Waals surface area contributed by atoms with Crippen LogP contribution in [0, 0.1) is 5.82 Å². The molecule has 0 spiro atoms. The van der Waals surface area contributed by atoms with Crippen LogP contribution in [0.2, 0.25) is 5.15 Å². The molecule has 16 heteroatoms. The predicted molar refractivity (Wildman–Crippen MR) is 149 cm³/mol. The van der Waals surface area contributed by atoms with E-state index in [0.29, 0.717) is 37.3 Å². The Kier molecular flexibility index (Phi) is 8.76. The van der Waals surface area contributed by atoms with Crippen LogP contribution >= 0.6 is 11.6 Å². The number of hydrogen-bond donors (Lipinski definition) is 1. The van der Waals surface area contributed by atoms with E-state index in [1.165, 1.54) is 6.20 Å². The third-order valence-corrected chi connectivity index (χ3v) is 8.10. The zero-order valence-corrected chi connectivity index (χ0v) is 24.8. The molecule has 0 aliphatic carbocycles. The number of likely N-dealkylation sites (tertiary alicyclic amines) is 1. The molecule has 2 aromatic rings. The van der Waals surface area contributed by atoms with Gasteiger partial charge in [0.05, 0.1) is 17.5 Å². The third kappa shape index (κ3) is 6.97. The van der Waals surface area contributed by atoms with Gasteiger partial charge in [0.2, 0.25) is 0 Å².